The Morgan fingerprint density at radius 1 is 1.19 bits per heavy atom. The van der Waals surface area contributed by atoms with Crippen molar-refractivity contribution in [2.45, 2.75) is 56.2 Å². The van der Waals surface area contributed by atoms with Crippen molar-refractivity contribution in [2.75, 3.05) is 44.7 Å². The van der Waals surface area contributed by atoms with Crippen molar-refractivity contribution in [3.63, 3.8) is 0 Å². The molecule has 0 saturated carbocycles. The fourth-order valence-electron chi connectivity index (χ4n) is 7.94. The van der Waals surface area contributed by atoms with E-state index in [4.69, 9.17) is 16.1 Å². The van der Waals surface area contributed by atoms with Gasteiger partial charge in [0.05, 0.1) is 28.1 Å². The first-order valence-corrected chi connectivity index (χ1v) is 16.4. The van der Waals surface area contributed by atoms with E-state index >= 15 is 4.39 Å². The molecule has 11 heteroatoms. The lowest BCUT2D eigenvalue weighted by atomic mass is 9.95. The van der Waals surface area contributed by atoms with E-state index in [-0.39, 0.29) is 40.8 Å². The minimum absolute atomic E-state index is 0.0130. The van der Waals surface area contributed by atoms with Crippen LogP contribution in [0.2, 0.25) is 0 Å². The summed E-state index contributed by atoms with van der Waals surface area (Å²) in [7, 11) is 1.77. The van der Waals surface area contributed by atoms with Crippen molar-refractivity contribution in [1.29, 1.82) is 0 Å². The minimum atomic E-state index is -1.17. The highest BCUT2D eigenvalue weighted by Gasteiger charge is 2.46. The van der Waals surface area contributed by atoms with Crippen LogP contribution in [0.3, 0.4) is 0 Å². The standard InChI is InChI=1S/C37H38F2N6O3/c1-5-24-27(38)13-12-23-10-7-11-25(30(23)24)32-31(39)33-26(20-40-32)34(43(4)21-28-36(3,47)16-19-45(28)29(46)6-2)42-35(41-33)48-22-37-14-8-17-44(37)18-9-15-37/h1,6-7,10-13,20,28,47H,2,8-9,14-19,21-22H2,3-4H3/t28-,36?/m1/s1. The van der Waals surface area contributed by atoms with Gasteiger partial charge in [-0.05, 0) is 69.6 Å². The number of ether oxygens (including phenoxy) is 1. The van der Waals surface area contributed by atoms with Crippen molar-refractivity contribution in [3.05, 3.63) is 66.4 Å². The molecule has 1 unspecified atom stereocenters. The summed E-state index contributed by atoms with van der Waals surface area (Å²) in [5.74, 6) is 1.16. The van der Waals surface area contributed by atoms with Gasteiger partial charge in [-0.25, -0.2) is 8.78 Å². The zero-order chi connectivity index (χ0) is 33.8. The number of likely N-dealkylation sites (N-methyl/N-ethyl adjacent to an activating group) is 1. The molecule has 4 aromatic rings. The zero-order valence-electron chi connectivity index (χ0n) is 27.2. The highest BCUT2D eigenvalue weighted by molar-refractivity contribution is 6.02. The molecule has 1 amide bonds. The summed E-state index contributed by atoms with van der Waals surface area (Å²) in [4.78, 5) is 32.4. The van der Waals surface area contributed by atoms with Crippen molar-refractivity contribution >= 4 is 33.4 Å². The predicted octanol–water partition coefficient (Wildman–Crippen LogP) is 5.09. The molecule has 0 spiro atoms. The Hall–Kier alpha value is -4.66. The van der Waals surface area contributed by atoms with Crippen molar-refractivity contribution in [2.24, 2.45) is 0 Å². The number of rotatable bonds is 8. The molecule has 0 aliphatic carbocycles. The van der Waals surface area contributed by atoms with Crippen LogP contribution in [0, 0.1) is 24.0 Å². The number of hydrogen-bond donors (Lipinski definition) is 1. The number of fused-ring (bicyclic) bond motifs is 3. The molecule has 3 fully saturated rings. The van der Waals surface area contributed by atoms with Gasteiger partial charge in [-0.15, -0.1) is 6.42 Å². The van der Waals surface area contributed by atoms with Gasteiger partial charge >= 0.3 is 6.01 Å². The van der Waals surface area contributed by atoms with E-state index in [1.165, 1.54) is 18.3 Å². The van der Waals surface area contributed by atoms with E-state index < -0.39 is 23.3 Å². The summed E-state index contributed by atoms with van der Waals surface area (Å²) in [6, 6.07) is 7.51. The second kappa shape index (κ2) is 12.1. The van der Waals surface area contributed by atoms with Crippen LogP contribution in [0.15, 0.2) is 49.2 Å². The van der Waals surface area contributed by atoms with Gasteiger partial charge in [0.25, 0.3) is 0 Å². The first-order chi connectivity index (χ1) is 23.1. The van der Waals surface area contributed by atoms with E-state index in [0.717, 1.165) is 38.8 Å². The molecule has 7 rings (SSSR count). The van der Waals surface area contributed by atoms with Gasteiger partial charge in [-0.2, -0.15) is 9.97 Å². The molecule has 0 radical (unpaired) electrons. The predicted molar refractivity (Wildman–Crippen MR) is 181 cm³/mol. The van der Waals surface area contributed by atoms with Crippen molar-refractivity contribution < 1.29 is 23.4 Å². The van der Waals surface area contributed by atoms with Crippen LogP contribution < -0.4 is 9.64 Å². The van der Waals surface area contributed by atoms with Gasteiger partial charge in [0.2, 0.25) is 5.91 Å². The monoisotopic (exact) mass is 652 g/mol. The number of aliphatic hydroxyl groups is 1. The summed E-state index contributed by atoms with van der Waals surface area (Å²) in [6.45, 7) is 8.29. The Morgan fingerprint density at radius 3 is 2.69 bits per heavy atom. The SMILES string of the molecule is C#Cc1c(F)ccc2cccc(-c3ncc4c(N(C)C[C@H]5N(C(=O)C=C)CCC5(C)O)nc(OCC56CCCN5CCC6)nc4c3F)c12. The maximum absolute atomic E-state index is 16.9. The van der Waals surface area contributed by atoms with Gasteiger partial charge in [0.15, 0.2) is 5.82 Å². The van der Waals surface area contributed by atoms with Crippen LogP contribution in [0.4, 0.5) is 14.6 Å². The van der Waals surface area contributed by atoms with Crippen LogP contribution in [0.25, 0.3) is 32.9 Å². The summed E-state index contributed by atoms with van der Waals surface area (Å²) in [6.07, 6.45) is 13.0. The van der Waals surface area contributed by atoms with Crippen LogP contribution in [-0.4, -0.2) is 92.8 Å². The Bertz CT molecular complexity index is 1980. The lowest BCUT2D eigenvalue weighted by molar-refractivity contribution is -0.128. The average molecular weight is 653 g/mol. The number of halogens is 2. The van der Waals surface area contributed by atoms with Crippen molar-refractivity contribution in [3.8, 4) is 29.6 Å². The summed E-state index contributed by atoms with van der Waals surface area (Å²) < 4.78 is 38.0. The highest BCUT2D eigenvalue weighted by atomic mass is 19.1. The number of benzene rings is 2. The zero-order valence-corrected chi connectivity index (χ0v) is 27.2. The average Bonchev–Trinajstić information content (AvgIpc) is 3.75. The first-order valence-electron chi connectivity index (χ1n) is 16.4. The molecule has 9 nitrogen and oxygen atoms in total. The van der Waals surface area contributed by atoms with Crippen molar-refractivity contribution in [1.82, 2.24) is 24.8 Å². The van der Waals surface area contributed by atoms with Crippen LogP contribution in [-0.2, 0) is 4.79 Å². The first kappa shape index (κ1) is 31.9. The maximum atomic E-state index is 16.9. The maximum Gasteiger partial charge on any atom is 0.319 e. The topological polar surface area (TPSA) is 94.9 Å². The number of likely N-dealkylation sites (tertiary alicyclic amines) is 1. The third kappa shape index (κ3) is 5.24. The smallest absolute Gasteiger partial charge is 0.319 e. The molecule has 1 N–H and O–H groups in total. The van der Waals surface area contributed by atoms with E-state index in [0.29, 0.717) is 47.1 Å². The quantitative estimate of drug-likeness (QED) is 0.208. The molecular weight excluding hydrogens is 614 g/mol. The van der Waals surface area contributed by atoms with Gasteiger partial charge < -0.3 is 19.6 Å². The van der Waals surface area contributed by atoms with Crippen LogP contribution >= 0.6 is 0 Å². The van der Waals surface area contributed by atoms with E-state index in [9.17, 15) is 14.3 Å². The Morgan fingerprint density at radius 2 is 1.96 bits per heavy atom. The number of aromatic nitrogens is 3. The number of anilines is 1. The number of hydrogen-bond acceptors (Lipinski definition) is 8. The lowest BCUT2D eigenvalue weighted by Gasteiger charge is -2.35. The van der Waals surface area contributed by atoms with Crippen LogP contribution in [0.5, 0.6) is 6.01 Å². The van der Waals surface area contributed by atoms with Gasteiger partial charge in [-0.3, -0.25) is 14.7 Å². The number of amides is 1. The third-order valence-electron chi connectivity index (χ3n) is 10.5. The molecule has 3 saturated heterocycles. The third-order valence-corrected chi connectivity index (χ3v) is 10.5. The molecule has 2 atom stereocenters. The number of carbonyl (C=O) groups is 1. The van der Waals surface area contributed by atoms with Gasteiger partial charge in [0, 0.05) is 37.3 Å². The number of pyridine rings is 1. The molecule has 3 aliphatic heterocycles. The Labute approximate surface area is 278 Å². The molecule has 3 aliphatic rings. The molecular formula is C37H38F2N6O3. The second-order valence-electron chi connectivity index (χ2n) is 13.4. The highest BCUT2D eigenvalue weighted by Crippen LogP contribution is 2.40. The second-order valence-corrected chi connectivity index (χ2v) is 13.4. The summed E-state index contributed by atoms with van der Waals surface area (Å²) in [5, 5.41) is 12.6. The molecule has 0 bridgehead atoms. The van der Waals surface area contributed by atoms with Crippen LogP contribution in [0.1, 0.15) is 44.6 Å². The normalized spacial score (nSPS) is 21.8. The number of carbonyl (C=O) groups excluding carboxylic acids is 1. The molecule has 2 aromatic carbocycles. The van der Waals surface area contributed by atoms with E-state index in [2.05, 4.69) is 27.4 Å². The summed E-state index contributed by atoms with van der Waals surface area (Å²) in [5.41, 5.74) is -0.965. The minimum Gasteiger partial charge on any atom is -0.461 e. The fraction of sp³-hybridized carbons (Fsp3) is 0.405. The summed E-state index contributed by atoms with van der Waals surface area (Å²) >= 11 is 0. The number of nitrogens with zero attached hydrogens (tertiary/aromatic N) is 6. The largest absolute Gasteiger partial charge is 0.461 e. The Balaban J connectivity index is 1.35. The Kier molecular flexibility index (Phi) is 8.04. The van der Waals surface area contributed by atoms with Gasteiger partial charge in [-0.1, -0.05) is 36.8 Å². The number of terminal acetylenes is 1. The fourth-order valence-corrected chi connectivity index (χ4v) is 7.94. The molecule has 5 heterocycles. The van der Waals surface area contributed by atoms with E-state index in [1.54, 1.807) is 48.0 Å². The van der Waals surface area contributed by atoms with E-state index in [1.807, 2.05) is 0 Å². The molecule has 248 valence electrons. The molecule has 2 aromatic heterocycles. The molecule has 48 heavy (non-hydrogen) atoms. The lowest BCUT2D eigenvalue weighted by Crippen LogP contribution is -2.51. The van der Waals surface area contributed by atoms with Gasteiger partial charge in [0.1, 0.15) is 29.5 Å².